The second kappa shape index (κ2) is 5.95. The molecule has 60 valence electrons. The number of hydrogen-bond donors (Lipinski definition) is 0. The van der Waals surface area contributed by atoms with Crippen LogP contribution < -0.4 is 0 Å². The van der Waals surface area contributed by atoms with Crippen molar-refractivity contribution in [3.05, 3.63) is 0 Å². The van der Waals surface area contributed by atoms with E-state index < -0.39 is 0 Å². The minimum Gasteiger partial charge on any atom is -0.394 e. The van der Waals surface area contributed by atoms with Crippen LogP contribution in [0.2, 0.25) is 0 Å². The first-order valence-electron chi connectivity index (χ1n) is 3.52. The van der Waals surface area contributed by atoms with Gasteiger partial charge in [0, 0.05) is 6.42 Å². The van der Waals surface area contributed by atoms with Crippen LogP contribution in [0, 0.1) is 5.92 Å². The normalized spacial score (nSPS) is 12.7. The molecule has 1 unspecified atom stereocenters. The highest BCUT2D eigenvalue weighted by molar-refractivity contribution is 14.1. The van der Waals surface area contributed by atoms with Gasteiger partial charge in [-0.3, -0.25) is 4.79 Å². The van der Waals surface area contributed by atoms with Crippen molar-refractivity contribution in [2.75, 3.05) is 0 Å². The maximum atomic E-state index is 10.6. The van der Waals surface area contributed by atoms with Gasteiger partial charge in [-0.15, -0.1) is 0 Å². The molecule has 0 aliphatic carbocycles. The summed E-state index contributed by atoms with van der Waals surface area (Å²) in [7, 11) is 0. The summed E-state index contributed by atoms with van der Waals surface area (Å²) in [6, 6.07) is 0. The molecule has 0 rings (SSSR count). The Morgan fingerprint density at radius 3 is 2.70 bits per heavy atom. The van der Waals surface area contributed by atoms with Crippen molar-refractivity contribution in [3.8, 4) is 0 Å². The monoisotopic (exact) mass is 256 g/mol. The third-order valence-corrected chi connectivity index (χ3v) is 2.12. The molecule has 0 bridgehead atoms. The highest BCUT2D eigenvalue weighted by Gasteiger charge is 2.04. The van der Waals surface area contributed by atoms with Gasteiger partial charge in [0.1, 0.15) is 0 Å². The van der Waals surface area contributed by atoms with E-state index in [4.69, 9.17) is 0 Å². The second-order valence-electron chi connectivity index (χ2n) is 2.50. The molecule has 0 amide bonds. The minimum atomic E-state index is -0.110. The molecule has 0 aliphatic heterocycles. The summed E-state index contributed by atoms with van der Waals surface area (Å²) in [4.78, 5) is 10.6. The molecule has 0 fully saturated rings. The molecule has 0 aromatic carbocycles. The van der Waals surface area contributed by atoms with Crippen LogP contribution in [0.1, 0.15) is 33.1 Å². The van der Waals surface area contributed by atoms with E-state index in [9.17, 15) is 4.79 Å². The van der Waals surface area contributed by atoms with Gasteiger partial charge in [-0.1, -0.05) is 20.3 Å². The highest BCUT2D eigenvalue weighted by Crippen LogP contribution is 2.10. The number of halogens is 1. The first kappa shape index (κ1) is 10.2. The fourth-order valence-corrected chi connectivity index (χ4v) is 0.827. The van der Waals surface area contributed by atoms with Crippen molar-refractivity contribution < 1.29 is 7.86 Å². The van der Waals surface area contributed by atoms with E-state index in [2.05, 4.69) is 16.9 Å². The van der Waals surface area contributed by atoms with E-state index >= 15 is 0 Å². The Balaban J connectivity index is 3.26. The van der Waals surface area contributed by atoms with Gasteiger partial charge >= 0.3 is 5.97 Å². The Labute approximate surface area is 76.0 Å². The van der Waals surface area contributed by atoms with E-state index in [0.29, 0.717) is 12.3 Å². The third kappa shape index (κ3) is 5.02. The zero-order valence-corrected chi connectivity index (χ0v) is 8.55. The third-order valence-electron chi connectivity index (χ3n) is 1.62. The SMILES string of the molecule is CCC(C)CCC(=O)OI. The number of carbonyl (C=O) groups is 1. The van der Waals surface area contributed by atoms with Gasteiger partial charge in [-0.05, 0) is 12.3 Å². The molecule has 2 nitrogen and oxygen atoms in total. The van der Waals surface area contributed by atoms with Crippen LogP contribution in [-0.4, -0.2) is 5.97 Å². The largest absolute Gasteiger partial charge is 0.394 e. The van der Waals surface area contributed by atoms with E-state index in [1.807, 2.05) is 0 Å². The van der Waals surface area contributed by atoms with Crippen LogP contribution in [0.4, 0.5) is 0 Å². The van der Waals surface area contributed by atoms with Gasteiger partial charge in [0.15, 0.2) is 23.0 Å². The lowest BCUT2D eigenvalue weighted by Crippen LogP contribution is -2.00. The van der Waals surface area contributed by atoms with E-state index in [1.54, 1.807) is 23.0 Å². The Kier molecular flexibility index (Phi) is 6.06. The number of rotatable bonds is 4. The second-order valence-corrected chi connectivity index (χ2v) is 2.94. The number of carbonyl (C=O) groups excluding carboxylic acids is 1. The lowest BCUT2D eigenvalue weighted by atomic mass is 10.0. The molecule has 3 heteroatoms. The predicted octanol–water partition coefficient (Wildman–Crippen LogP) is 2.71. The summed E-state index contributed by atoms with van der Waals surface area (Å²) >= 11 is 1.62. The van der Waals surface area contributed by atoms with Crippen LogP contribution in [-0.2, 0) is 7.86 Å². The summed E-state index contributed by atoms with van der Waals surface area (Å²) in [5.41, 5.74) is 0. The minimum absolute atomic E-state index is 0.110. The predicted molar refractivity (Wildman–Crippen MR) is 48.8 cm³/mol. The maximum absolute atomic E-state index is 10.6. The standard InChI is InChI=1S/C7H13IO2/c1-3-6(2)4-5-7(9)10-8/h6H,3-5H2,1-2H3. The summed E-state index contributed by atoms with van der Waals surface area (Å²) in [6.45, 7) is 4.26. The zero-order chi connectivity index (χ0) is 7.98. The quantitative estimate of drug-likeness (QED) is 0.723. The zero-order valence-electron chi connectivity index (χ0n) is 6.39. The lowest BCUT2D eigenvalue weighted by Gasteiger charge is -2.04. The fraction of sp³-hybridized carbons (Fsp3) is 0.857. The molecule has 0 aliphatic rings. The van der Waals surface area contributed by atoms with E-state index in [1.165, 1.54) is 0 Å². The smallest absolute Gasteiger partial charge is 0.315 e. The first-order valence-corrected chi connectivity index (χ1v) is 4.40. The Hall–Kier alpha value is 0.200. The van der Waals surface area contributed by atoms with Gasteiger partial charge in [0.25, 0.3) is 0 Å². The fourth-order valence-electron chi connectivity index (χ4n) is 0.607. The summed E-state index contributed by atoms with van der Waals surface area (Å²) < 4.78 is 4.48. The Bertz CT molecular complexity index is 104. The van der Waals surface area contributed by atoms with Crippen molar-refractivity contribution in [2.45, 2.75) is 33.1 Å². The molecule has 0 spiro atoms. The van der Waals surface area contributed by atoms with Crippen LogP contribution in [0.25, 0.3) is 0 Å². The Morgan fingerprint density at radius 2 is 2.30 bits per heavy atom. The van der Waals surface area contributed by atoms with Gasteiger partial charge in [-0.2, -0.15) is 0 Å². The van der Waals surface area contributed by atoms with Crippen LogP contribution >= 0.6 is 23.0 Å². The number of hydrogen-bond acceptors (Lipinski definition) is 2. The molecule has 0 aromatic heterocycles. The van der Waals surface area contributed by atoms with Gasteiger partial charge in [0.05, 0.1) is 0 Å². The average molecular weight is 256 g/mol. The molecule has 10 heavy (non-hydrogen) atoms. The molecular formula is C7H13IO2. The van der Waals surface area contributed by atoms with Crippen LogP contribution in [0.15, 0.2) is 0 Å². The summed E-state index contributed by atoms with van der Waals surface area (Å²) in [5.74, 6) is 0.524. The van der Waals surface area contributed by atoms with Crippen LogP contribution in [0.3, 0.4) is 0 Å². The van der Waals surface area contributed by atoms with Gasteiger partial charge in [-0.25, -0.2) is 0 Å². The molecule has 0 heterocycles. The molecule has 0 saturated carbocycles. The van der Waals surface area contributed by atoms with E-state index in [0.717, 1.165) is 12.8 Å². The Morgan fingerprint density at radius 1 is 1.70 bits per heavy atom. The maximum Gasteiger partial charge on any atom is 0.315 e. The topological polar surface area (TPSA) is 26.3 Å². The van der Waals surface area contributed by atoms with Crippen LogP contribution in [0.5, 0.6) is 0 Å². The van der Waals surface area contributed by atoms with Crippen molar-refractivity contribution in [1.82, 2.24) is 0 Å². The van der Waals surface area contributed by atoms with Gasteiger partial charge < -0.3 is 3.07 Å². The van der Waals surface area contributed by atoms with Crippen molar-refractivity contribution in [1.29, 1.82) is 0 Å². The van der Waals surface area contributed by atoms with E-state index in [-0.39, 0.29) is 5.97 Å². The molecular weight excluding hydrogens is 243 g/mol. The van der Waals surface area contributed by atoms with Crippen molar-refractivity contribution >= 4 is 29.0 Å². The average Bonchev–Trinajstić information content (AvgIpc) is 1.99. The first-order chi connectivity index (χ1) is 4.70. The summed E-state index contributed by atoms with van der Waals surface area (Å²) in [5, 5.41) is 0. The lowest BCUT2D eigenvalue weighted by molar-refractivity contribution is -0.131. The van der Waals surface area contributed by atoms with Crippen molar-refractivity contribution in [3.63, 3.8) is 0 Å². The summed E-state index contributed by atoms with van der Waals surface area (Å²) in [6.07, 6.45) is 2.63. The molecule has 1 atom stereocenters. The highest BCUT2D eigenvalue weighted by atomic mass is 127. The molecule has 0 saturated heterocycles. The molecule has 0 radical (unpaired) electrons. The van der Waals surface area contributed by atoms with Gasteiger partial charge in [0.2, 0.25) is 0 Å². The molecule has 0 N–H and O–H groups in total. The van der Waals surface area contributed by atoms with Crippen molar-refractivity contribution in [2.24, 2.45) is 5.92 Å². The molecule has 0 aromatic rings.